The highest BCUT2D eigenvalue weighted by molar-refractivity contribution is 7.79. The number of hydrogen-bond donors (Lipinski definition) is 0. The van der Waals surface area contributed by atoms with Crippen LogP contribution in [0, 0.1) is 0 Å². The van der Waals surface area contributed by atoms with Gasteiger partial charge in [0.2, 0.25) is 0 Å². The van der Waals surface area contributed by atoms with Crippen LogP contribution in [0.15, 0.2) is 12.2 Å². The number of hydrogen-bond acceptors (Lipinski definition) is 7. The van der Waals surface area contributed by atoms with Crippen LogP contribution in [0.3, 0.4) is 0 Å². The Labute approximate surface area is 143 Å². The summed E-state index contributed by atoms with van der Waals surface area (Å²) >= 11 is 4.97. The van der Waals surface area contributed by atoms with E-state index in [1.165, 1.54) is 7.11 Å². The maximum absolute atomic E-state index is 6.07. The van der Waals surface area contributed by atoms with Crippen LogP contribution in [0.2, 0.25) is 0 Å². The summed E-state index contributed by atoms with van der Waals surface area (Å²) in [6, 6.07) is 0. The van der Waals surface area contributed by atoms with Crippen molar-refractivity contribution in [3.63, 3.8) is 0 Å². The van der Waals surface area contributed by atoms with Crippen LogP contribution in [0.5, 0.6) is 0 Å². The van der Waals surface area contributed by atoms with E-state index in [0.29, 0.717) is 6.61 Å². The van der Waals surface area contributed by atoms with Crippen LogP contribution in [0.25, 0.3) is 0 Å². The van der Waals surface area contributed by atoms with Crippen LogP contribution < -0.4 is 0 Å². The Balaban J connectivity index is 2.19. The van der Waals surface area contributed by atoms with Crippen LogP contribution >= 0.6 is 12.2 Å². The molecule has 2 heterocycles. The summed E-state index contributed by atoms with van der Waals surface area (Å²) < 4.78 is 34.2. The fraction of sp³-hybridized carbons (Fsp3) is 0.812. The topological polar surface area (TPSA) is 55.4 Å². The van der Waals surface area contributed by atoms with Gasteiger partial charge < -0.3 is 28.4 Å². The zero-order valence-electron chi connectivity index (χ0n) is 14.6. The normalized spacial score (nSPS) is 34.0. The second-order valence-electron chi connectivity index (χ2n) is 6.73. The van der Waals surface area contributed by atoms with Crippen molar-refractivity contribution in [1.29, 1.82) is 0 Å². The minimum Gasteiger partial charge on any atom is -0.460 e. The molecule has 4 atom stereocenters. The molecule has 2 aliphatic rings. The first-order valence-corrected chi connectivity index (χ1v) is 8.05. The first-order valence-electron chi connectivity index (χ1n) is 7.64. The van der Waals surface area contributed by atoms with Crippen molar-refractivity contribution in [2.75, 3.05) is 13.7 Å². The zero-order valence-corrected chi connectivity index (χ0v) is 15.4. The van der Waals surface area contributed by atoms with Gasteiger partial charge in [0.15, 0.2) is 11.6 Å². The lowest BCUT2D eigenvalue weighted by molar-refractivity contribution is -0.272. The molecule has 0 aromatic rings. The predicted molar refractivity (Wildman–Crippen MR) is 88.0 cm³/mol. The predicted octanol–water partition coefficient (Wildman–Crippen LogP) is 2.55. The molecular weight excluding hydrogens is 320 g/mol. The van der Waals surface area contributed by atoms with Crippen molar-refractivity contribution < 1.29 is 28.4 Å². The van der Waals surface area contributed by atoms with Crippen molar-refractivity contribution in [2.24, 2.45) is 0 Å². The molecule has 0 saturated carbocycles. The van der Waals surface area contributed by atoms with Gasteiger partial charge in [-0.1, -0.05) is 6.58 Å². The van der Waals surface area contributed by atoms with Crippen molar-refractivity contribution in [1.82, 2.24) is 0 Å². The fourth-order valence-corrected chi connectivity index (χ4v) is 2.90. The van der Waals surface area contributed by atoms with Crippen LogP contribution in [-0.4, -0.2) is 54.9 Å². The molecule has 1 unspecified atom stereocenters. The number of thiocarbonyl (C=S) groups is 1. The molecule has 0 aliphatic carbocycles. The van der Waals surface area contributed by atoms with Gasteiger partial charge in [-0.2, -0.15) is 0 Å². The molecule has 2 saturated heterocycles. The van der Waals surface area contributed by atoms with Gasteiger partial charge in [0.1, 0.15) is 24.4 Å². The van der Waals surface area contributed by atoms with Gasteiger partial charge in [0, 0.05) is 12.2 Å². The second-order valence-corrected chi connectivity index (χ2v) is 7.06. The van der Waals surface area contributed by atoms with Crippen molar-refractivity contribution in [3.8, 4) is 0 Å². The highest BCUT2D eigenvalue weighted by Crippen LogP contribution is 2.38. The van der Waals surface area contributed by atoms with E-state index in [9.17, 15) is 0 Å². The molecular formula is C16H26O6S. The molecule has 0 bridgehead atoms. The van der Waals surface area contributed by atoms with Crippen molar-refractivity contribution in [2.45, 2.75) is 70.6 Å². The number of rotatable bonds is 3. The Morgan fingerprint density at radius 2 is 1.87 bits per heavy atom. The Kier molecular flexibility index (Phi) is 5.37. The molecule has 0 amide bonds. The largest absolute Gasteiger partial charge is 0.460 e. The van der Waals surface area contributed by atoms with Crippen molar-refractivity contribution >= 4 is 17.5 Å². The van der Waals surface area contributed by atoms with Gasteiger partial charge in [-0.3, -0.25) is 0 Å². The quantitative estimate of drug-likeness (QED) is 0.575. The molecule has 0 aromatic heterocycles. The fourth-order valence-electron chi connectivity index (χ4n) is 2.75. The molecule has 132 valence electrons. The Bertz CT molecular complexity index is 475. The van der Waals surface area contributed by atoms with Gasteiger partial charge in [0.05, 0.1) is 13.7 Å². The summed E-state index contributed by atoms with van der Waals surface area (Å²) in [5.74, 6) is -1.47. The van der Waals surface area contributed by atoms with Gasteiger partial charge >= 0.3 is 5.24 Å². The van der Waals surface area contributed by atoms with E-state index in [4.69, 9.17) is 40.6 Å². The third kappa shape index (κ3) is 4.42. The second kappa shape index (κ2) is 6.64. The van der Waals surface area contributed by atoms with E-state index in [2.05, 4.69) is 6.58 Å². The summed E-state index contributed by atoms with van der Waals surface area (Å²) in [5.41, 5.74) is 0.808. The minimum atomic E-state index is -0.756. The maximum Gasteiger partial charge on any atom is 0.352 e. The minimum absolute atomic E-state index is 0.0663. The lowest BCUT2D eigenvalue weighted by atomic mass is 9.97. The van der Waals surface area contributed by atoms with E-state index in [-0.39, 0.29) is 29.7 Å². The standard InChI is InChI=1S/C16H26O6S/c1-9-8-18-15(3,4)20-11(9)13-12(21-16(5,6)22-13)10(2)19-14(23)17-7/h10-13H,1,8H2,2-7H3/t10?,11-,12+,13+/m1/s1. The highest BCUT2D eigenvalue weighted by atomic mass is 32.1. The summed E-state index contributed by atoms with van der Waals surface area (Å²) in [5, 5.41) is 0.0663. The smallest absolute Gasteiger partial charge is 0.352 e. The molecule has 2 aliphatic heterocycles. The summed E-state index contributed by atoms with van der Waals surface area (Å²) in [4.78, 5) is 0. The molecule has 0 N–H and O–H groups in total. The first-order chi connectivity index (χ1) is 10.5. The lowest BCUT2D eigenvalue weighted by Gasteiger charge is -2.40. The Hall–Kier alpha value is -0.730. The van der Waals surface area contributed by atoms with Gasteiger partial charge in [-0.05, 0) is 40.2 Å². The van der Waals surface area contributed by atoms with E-state index in [1.54, 1.807) is 0 Å². The molecule has 6 nitrogen and oxygen atoms in total. The molecule has 23 heavy (non-hydrogen) atoms. The maximum atomic E-state index is 6.07. The Morgan fingerprint density at radius 1 is 1.22 bits per heavy atom. The lowest BCUT2D eigenvalue weighted by Crippen LogP contribution is -2.51. The average molecular weight is 346 g/mol. The Morgan fingerprint density at radius 3 is 2.48 bits per heavy atom. The first kappa shape index (κ1) is 18.6. The monoisotopic (exact) mass is 346 g/mol. The molecule has 2 fully saturated rings. The third-order valence-electron chi connectivity index (χ3n) is 3.79. The van der Waals surface area contributed by atoms with Gasteiger partial charge in [0.25, 0.3) is 0 Å². The molecule has 7 heteroatoms. The van der Waals surface area contributed by atoms with Gasteiger partial charge in [-0.15, -0.1) is 0 Å². The third-order valence-corrected chi connectivity index (χ3v) is 4.05. The number of methoxy groups -OCH3 is 1. The van der Waals surface area contributed by atoms with Crippen LogP contribution in [0.1, 0.15) is 34.6 Å². The summed E-state index contributed by atoms with van der Waals surface area (Å²) in [7, 11) is 1.47. The average Bonchev–Trinajstić information content (AvgIpc) is 2.77. The highest BCUT2D eigenvalue weighted by Gasteiger charge is 2.51. The van der Waals surface area contributed by atoms with E-state index in [1.807, 2.05) is 34.6 Å². The van der Waals surface area contributed by atoms with Crippen LogP contribution in [-0.2, 0) is 28.4 Å². The molecule has 0 aromatic carbocycles. The molecule has 2 rings (SSSR count). The van der Waals surface area contributed by atoms with Crippen molar-refractivity contribution in [3.05, 3.63) is 12.2 Å². The SMILES string of the molecule is C=C1COC(C)(C)O[C@H]1[C@@H]1OC(C)(C)O[C@H]1C(C)OC(=S)OC. The summed E-state index contributed by atoms with van der Waals surface area (Å²) in [6.07, 6.45) is -1.48. The van der Waals surface area contributed by atoms with Gasteiger partial charge in [-0.25, -0.2) is 0 Å². The van der Waals surface area contributed by atoms with Crippen LogP contribution in [0.4, 0.5) is 0 Å². The molecule has 0 radical (unpaired) electrons. The molecule has 0 spiro atoms. The van der Waals surface area contributed by atoms with E-state index < -0.39 is 11.6 Å². The van der Waals surface area contributed by atoms with E-state index in [0.717, 1.165) is 5.57 Å². The van der Waals surface area contributed by atoms with E-state index >= 15 is 0 Å². The zero-order chi connectivity index (χ0) is 17.4. The summed E-state index contributed by atoms with van der Waals surface area (Å²) in [6.45, 7) is 13.8. The number of ether oxygens (including phenoxy) is 6.